The lowest BCUT2D eigenvalue weighted by atomic mass is 10.1. The number of aromatic nitrogens is 2. The van der Waals surface area contributed by atoms with Crippen molar-refractivity contribution in [1.82, 2.24) is 9.97 Å². The lowest BCUT2D eigenvalue weighted by Gasteiger charge is -2.17. The fourth-order valence-electron chi connectivity index (χ4n) is 3.87. The van der Waals surface area contributed by atoms with Gasteiger partial charge in [0, 0.05) is 48.4 Å². The Morgan fingerprint density at radius 1 is 0.889 bits per heavy atom. The van der Waals surface area contributed by atoms with Crippen molar-refractivity contribution in [3.63, 3.8) is 0 Å². The van der Waals surface area contributed by atoms with E-state index in [0.29, 0.717) is 11.6 Å². The summed E-state index contributed by atoms with van der Waals surface area (Å²) in [6.45, 7) is 4.96. The average molecular weight is 514 g/mol. The summed E-state index contributed by atoms with van der Waals surface area (Å²) in [6.07, 6.45) is 2.24. The van der Waals surface area contributed by atoms with Gasteiger partial charge in [-0.05, 0) is 51.0 Å². The Morgan fingerprint density at radius 2 is 1.44 bits per heavy atom. The first-order valence-corrected chi connectivity index (χ1v) is 12.5. The van der Waals surface area contributed by atoms with Gasteiger partial charge in [-0.3, -0.25) is 25.0 Å². The van der Waals surface area contributed by atoms with Crippen LogP contribution in [0.1, 0.15) is 24.1 Å². The first-order valence-electron chi connectivity index (χ1n) is 11.0. The lowest BCUT2D eigenvalue weighted by Crippen LogP contribution is -2.19. The second kappa shape index (κ2) is 9.73. The molecule has 1 aliphatic heterocycles. The van der Waals surface area contributed by atoms with Crippen LogP contribution in [0.4, 0.5) is 34.5 Å². The van der Waals surface area contributed by atoms with E-state index in [2.05, 4.69) is 24.9 Å². The van der Waals surface area contributed by atoms with Gasteiger partial charge in [0.2, 0.25) is 5.95 Å². The van der Waals surface area contributed by atoms with E-state index in [4.69, 9.17) is 0 Å². The number of benzene rings is 2. The molecule has 4 rings (SSSR count). The molecule has 0 bridgehead atoms. The van der Waals surface area contributed by atoms with E-state index >= 15 is 0 Å². The van der Waals surface area contributed by atoms with Crippen molar-refractivity contribution in [1.29, 1.82) is 0 Å². The van der Waals surface area contributed by atoms with Crippen molar-refractivity contribution in [3.05, 3.63) is 74.0 Å². The third kappa shape index (κ3) is 5.33. The second-order valence-corrected chi connectivity index (χ2v) is 9.98. The zero-order valence-corrected chi connectivity index (χ0v) is 20.3. The van der Waals surface area contributed by atoms with Crippen LogP contribution < -0.4 is 14.9 Å². The van der Waals surface area contributed by atoms with Gasteiger partial charge in [-0.15, -0.1) is 0 Å². The maximum atomic E-state index is 12.8. The monoisotopic (exact) mass is 513 g/mol. The fourth-order valence-corrected chi connectivity index (χ4v) is 4.97. The van der Waals surface area contributed by atoms with Crippen LogP contribution in [0.25, 0.3) is 0 Å². The number of anilines is 4. The minimum absolute atomic E-state index is 0.161. The largest absolute Gasteiger partial charge is 0.356 e. The Morgan fingerprint density at radius 3 is 2.00 bits per heavy atom. The van der Waals surface area contributed by atoms with Crippen LogP contribution >= 0.6 is 0 Å². The van der Waals surface area contributed by atoms with Gasteiger partial charge in [-0.25, -0.2) is 13.4 Å². The van der Waals surface area contributed by atoms with E-state index in [9.17, 15) is 28.6 Å². The van der Waals surface area contributed by atoms with Crippen LogP contribution in [0, 0.1) is 34.1 Å². The summed E-state index contributed by atoms with van der Waals surface area (Å²) in [5.41, 5.74) is 0.0312. The number of hydrogen-bond acceptors (Lipinski definition) is 10. The topological polar surface area (TPSA) is 174 Å². The Hall–Kier alpha value is -4.33. The second-order valence-electron chi connectivity index (χ2n) is 8.29. The predicted molar refractivity (Wildman–Crippen MR) is 133 cm³/mol. The quantitative estimate of drug-likeness (QED) is 0.330. The van der Waals surface area contributed by atoms with Gasteiger partial charge in [-0.1, -0.05) is 0 Å². The molecule has 36 heavy (non-hydrogen) atoms. The van der Waals surface area contributed by atoms with E-state index in [-0.39, 0.29) is 11.3 Å². The molecular formula is C22H23N7O6S. The van der Waals surface area contributed by atoms with Crippen LogP contribution in [-0.2, 0) is 10.0 Å². The van der Waals surface area contributed by atoms with Gasteiger partial charge in [0.1, 0.15) is 16.3 Å². The first-order chi connectivity index (χ1) is 17.0. The molecule has 0 saturated carbocycles. The van der Waals surface area contributed by atoms with E-state index in [1.54, 1.807) is 12.1 Å². The molecule has 0 aliphatic carbocycles. The summed E-state index contributed by atoms with van der Waals surface area (Å²) in [6, 6.07) is 9.70. The molecule has 188 valence electrons. The molecule has 0 atom stereocenters. The van der Waals surface area contributed by atoms with E-state index < -0.39 is 36.1 Å². The minimum Gasteiger partial charge on any atom is -0.356 e. The van der Waals surface area contributed by atoms with Crippen molar-refractivity contribution < 1.29 is 18.3 Å². The molecule has 1 aromatic heterocycles. The SMILES string of the molecule is Cc1cc(N2CCCC2)nc(Nc2ccc(NS(=O)(=O)c3cc([N+](=O)[O-])c(C)c([N+](=O)[O-])c3)cc2)n1. The zero-order valence-electron chi connectivity index (χ0n) is 19.5. The summed E-state index contributed by atoms with van der Waals surface area (Å²) >= 11 is 0. The van der Waals surface area contributed by atoms with Crippen molar-refractivity contribution >= 4 is 44.5 Å². The molecule has 1 aliphatic rings. The summed E-state index contributed by atoms with van der Waals surface area (Å²) in [4.78, 5) is 31.4. The molecular weight excluding hydrogens is 490 g/mol. The molecule has 2 aromatic carbocycles. The standard InChI is InChI=1S/C22H23N7O6S/c1-14-11-21(27-9-3-4-10-27)25-22(23-14)24-16-5-7-17(8-6-16)26-36(34,35)18-12-19(28(30)31)15(2)20(13-18)29(32)33/h5-8,11-13,26H,3-4,9-10H2,1-2H3,(H,23,24,25). The Labute approximate surface area is 206 Å². The average Bonchev–Trinajstić information content (AvgIpc) is 3.34. The van der Waals surface area contributed by atoms with Gasteiger partial charge >= 0.3 is 0 Å². The normalized spacial score (nSPS) is 13.4. The van der Waals surface area contributed by atoms with Gasteiger partial charge < -0.3 is 10.2 Å². The number of rotatable bonds is 8. The number of nitrogens with zero attached hydrogens (tertiary/aromatic N) is 5. The molecule has 2 heterocycles. The van der Waals surface area contributed by atoms with E-state index in [1.165, 1.54) is 19.1 Å². The summed E-state index contributed by atoms with van der Waals surface area (Å²) in [5.74, 6) is 1.25. The smallest absolute Gasteiger partial charge is 0.280 e. The highest BCUT2D eigenvalue weighted by atomic mass is 32.2. The minimum atomic E-state index is -4.34. The Kier molecular flexibility index (Phi) is 6.70. The van der Waals surface area contributed by atoms with Crippen molar-refractivity contribution in [2.24, 2.45) is 0 Å². The first kappa shape index (κ1) is 24.8. The molecule has 1 fully saturated rings. The third-order valence-corrected chi connectivity index (χ3v) is 7.05. The highest BCUT2D eigenvalue weighted by molar-refractivity contribution is 7.92. The van der Waals surface area contributed by atoms with Crippen LogP contribution in [0.5, 0.6) is 0 Å². The van der Waals surface area contributed by atoms with Crippen LogP contribution in [0.3, 0.4) is 0 Å². The highest BCUT2D eigenvalue weighted by Crippen LogP contribution is 2.32. The number of hydrogen-bond donors (Lipinski definition) is 2. The number of nitro benzene ring substituents is 2. The van der Waals surface area contributed by atoms with Crippen LogP contribution in [0.2, 0.25) is 0 Å². The number of sulfonamides is 1. The summed E-state index contributed by atoms with van der Waals surface area (Å²) in [7, 11) is -4.34. The van der Waals surface area contributed by atoms with Crippen LogP contribution in [0.15, 0.2) is 47.4 Å². The molecule has 2 N–H and O–H groups in total. The summed E-state index contributed by atoms with van der Waals surface area (Å²) in [5, 5.41) is 25.7. The predicted octanol–water partition coefficient (Wildman–Crippen LogP) is 4.05. The molecule has 0 unspecified atom stereocenters. The Bertz CT molecular complexity index is 1400. The third-order valence-electron chi connectivity index (χ3n) is 5.69. The summed E-state index contributed by atoms with van der Waals surface area (Å²) < 4.78 is 28.0. The maximum Gasteiger partial charge on any atom is 0.280 e. The highest BCUT2D eigenvalue weighted by Gasteiger charge is 2.28. The molecule has 0 radical (unpaired) electrons. The molecule has 0 amide bonds. The lowest BCUT2D eigenvalue weighted by molar-refractivity contribution is -0.395. The van der Waals surface area contributed by atoms with Crippen molar-refractivity contribution in [2.45, 2.75) is 31.6 Å². The molecule has 0 spiro atoms. The van der Waals surface area contributed by atoms with Crippen molar-refractivity contribution in [2.75, 3.05) is 28.0 Å². The van der Waals surface area contributed by atoms with Gasteiger partial charge in [-0.2, -0.15) is 4.98 Å². The van der Waals surface area contributed by atoms with Gasteiger partial charge in [0.25, 0.3) is 21.4 Å². The molecule has 14 heteroatoms. The van der Waals surface area contributed by atoms with Crippen molar-refractivity contribution in [3.8, 4) is 0 Å². The molecule has 3 aromatic rings. The van der Waals surface area contributed by atoms with Crippen LogP contribution in [-0.4, -0.2) is 41.3 Å². The van der Waals surface area contributed by atoms with Gasteiger partial charge in [0.05, 0.1) is 9.85 Å². The number of nitrogens with one attached hydrogen (secondary N) is 2. The Balaban J connectivity index is 1.54. The zero-order chi connectivity index (χ0) is 26.0. The molecule has 1 saturated heterocycles. The maximum absolute atomic E-state index is 12.8. The number of nitro groups is 2. The van der Waals surface area contributed by atoms with E-state index in [0.717, 1.165) is 49.6 Å². The van der Waals surface area contributed by atoms with Gasteiger partial charge in [0.15, 0.2) is 0 Å². The number of aryl methyl sites for hydroxylation is 1. The van der Waals surface area contributed by atoms with E-state index in [1.807, 2.05) is 13.0 Å². The fraction of sp³-hybridized carbons (Fsp3) is 0.273. The molecule has 13 nitrogen and oxygen atoms in total.